The molecule has 8 unspecified atom stereocenters. The van der Waals surface area contributed by atoms with Gasteiger partial charge in [-0.3, -0.25) is 29.3 Å². The van der Waals surface area contributed by atoms with Gasteiger partial charge in [0.2, 0.25) is 35.8 Å². The van der Waals surface area contributed by atoms with E-state index in [4.69, 9.17) is 14.2 Å². The smallest absolute Gasteiger partial charge is 0.411 e. The Morgan fingerprint density at radius 2 is 1.48 bits per heavy atom. The largest absolute Gasteiger partial charge is 0.479 e. The van der Waals surface area contributed by atoms with Crippen LogP contribution >= 0.6 is 0 Å². The highest BCUT2D eigenvalue weighted by molar-refractivity contribution is 6.00. The Bertz CT molecular complexity index is 3580. The zero-order valence-corrected chi connectivity index (χ0v) is 54.3. The number of aryl methyl sites for hydroxylation is 1. The van der Waals surface area contributed by atoms with E-state index >= 15 is 0 Å². The lowest BCUT2D eigenvalue weighted by atomic mass is 9.76. The number of nitrogens with one attached hydrogen (secondary N) is 5. The number of anilines is 2. The number of aliphatic hydroxyl groups is 3. The number of carboxylic acid groups (broad SMARTS) is 2. The Morgan fingerprint density at radius 3 is 2.16 bits per heavy atom. The summed E-state index contributed by atoms with van der Waals surface area (Å²) >= 11 is 0. The molecule has 2 aliphatic heterocycles. The van der Waals surface area contributed by atoms with E-state index in [0.29, 0.717) is 47.6 Å². The van der Waals surface area contributed by atoms with Gasteiger partial charge in [-0.2, -0.15) is 0 Å². The number of likely N-dealkylation sites (N-methyl/N-ethyl adjacent to an activating group) is 2. The average Bonchev–Trinajstić information content (AvgIpc) is 1.70. The minimum absolute atomic E-state index is 0.0376. The van der Waals surface area contributed by atoms with E-state index in [-0.39, 0.29) is 73.6 Å². The molecule has 0 aliphatic carbocycles. The lowest BCUT2D eigenvalue weighted by molar-refractivity contribution is -0.271. The van der Waals surface area contributed by atoms with E-state index in [1.807, 2.05) is 104 Å². The van der Waals surface area contributed by atoms with E-state index < -0.39 is 95.4 Å². The monoisotopic (exact) mass is 1290 g/mol. The molecule has 0 spiro atoms. The number of benzene rings is 4. The molecule has 10 N–H and O–H groups in total. The van der Waals surface area contributed by atoms with Crippen molar-refractivity contribution in [3.8, 4) is 28.3 Å². The minimum atomic E-state index is -1.99. The normalized spacial score (nSPS) is 18.2. The molecule has 0 radical (unpaired) electrons. The molecule has 500 valence electrons. The lowest BCUT2D eigenvalue weighted by Crippen LogP contribution is -2.61. The molecule has 1 fully saturated rings. The van der Waals surface area contributed by atoms with Crippen molar-refractivity contribution in [2.24, 2.45) is 18.4 Å². The average molecular weight is 1290 g/mol. The summed E-state index contributed by atoms with van der Waals surface area (Å²) < 4.78 is 18.6. The molecule has 0 saturated carbocycles. The summed E-state index contributed by atoms with van der Waals surface area (Å²) in [4.78, 5) is 109. The number of carbonyl (C=O) groups is 8. The maximum atomic E-state index is 14.3. The highest BCUT2D eigenvalue weighted by Gasteiger charge is 2.48. The van der Waals surface area contributed by atoms with Gasteiger partial charge >= 0.3 is 18.0 Å². The van der Waals surface area contributed by atoms with Gasteiger partial charge in [0.25, 0.3) is 0 Å². The Balaban J connectivity index is 0.950. The molecule has 6 amide bonds. The van der Waals surface area contributed by atoms with Crippen LogP contribution in [0.3, 0.4) is 0 Å². The van der Waals surface area contributed by atoms with Crippen molar-refractivity contribution < 1.29 is 78.1 Å². The van der Waals surface area contributed by atoms with Gasteiger partial charge in [-0.25, -0.2) is 19.1 Å². The molecule has 26 nitrogen and oxygen atoms in total. The fourth-order valence-electron chi connectivity index (χ4n) is 11.3. The highest BCUT2D eigenvalue weighted by Crippen LogP contribution is 2.41. The summed E-state index contributed by atoms with van der Waals surface area (Å²) in [7, 11) is 5.03. The van der Waals surface area contributed by atoms with Crippen LogP contribution in [-0.4, -0.2) is 162 Å². The number of carbonyl (C=O) groups excluding carboxylic acids is 6. The number of amides is 6. The minimum Gasteiger partial charge on any atom is -0.479 e. The number of ether oxygens (including phenoxy) is 3. The number of rotatable bonds is 26. The van der Waals surface area contributed by atoms with Crippen molar-refractivity contribution in [2.75, 3.05) is 30.9 Å². The number of carboxylic acids is 2. The van der Waals surface area contributed by atoms with Crippen molar-refractivity contribution in [3.63, 3.8) is 0 Å². The van der Waals surface area contributed by atoms with Gasteiger partial charge in [0.05, 0.1) is 30.0 Å². The van der Waals surface area contributed by atoms with Crippen LogP contribution in [-0.2, 0) is 75.2 Å². The number of aliphatic carboxylic acids is 2. The molecular formula is C67H86N10O16. The number of aromatic nitrogens is 3. The predicted octanol–water partition coefficient (Wildman–Crippen LogP) is 5.31. The van der Waals surface area contributed by atoms with Crippen molar-refractivity contribution in [1.82, 2.24) is 41.2 Å². The third-order valence-electron chi connectivity index (χ3n) is 16.7. The van der Waals surface area contributed by atoms with E-state index in [0.717, 1.165) is 22.4 Å². The number of fused-ring (bicyclic) bond motifs is 5. The molecule has 7 rings (SSSR count). The van der Waals surface area contributed by atoms with Gasteiger partial charge in [0, 0.05) is 79.8 Å². The van der Waals surface area contributed by atoms with E-state index in [9.17, 15) is 63.9 Å². The first kappa shape index (κ1) is 71.4. The zero-order valence-electron chi connectivity index (χ0n) is 54.3. The van der Waals surface area contributed by atoms with Crippen LogP contribution in [0.1, 0.15) is 110 Å². The van der Waals surface area contributed by atoms with Gasteiger partial charge in [-0.1, -0.05) is 120 Å². The van der Waals surface area contributed by atoms with Crippen LogP contribution in [0.15, 0.2) is 103 Å². The molecule has 26 heteroatoms. The second-order valence-electron chi connectivity index (χ2n) is 25.3. The fraction of sp³-hybridized carbons (Fsp3) is 0.463. The Morgan fingerprint density at radius 1 is 0.806 bits per heavy atom. The lowest BCUT2D eigenvalue weighted by Gasteiger charge is -2.40. The van der Waals surface area contributed by atoms with E-state index in [1.54, 1.807) is 47.9 Å². The van der Waals surface area contributed by atoms with Gasteiger partial charge < -0.3 is 70.8 Å². The van der Waals surface area contributed by atoms with Crippen molar-refractivity contribution in [1.29, 1.82) is 0 Å². The maximum absolute atomic E-state index is 14.3. The molecule has 4 aromatic carbocycles. The second-order valence-corrected chi connectivity index (χ2v) is 25.3. The topological polar surface area (TPSA) is 363 Å². The van der Waals surface area contributed by atoms with Gasteiger partial charge in [0.1, 0.15) is 42.4 Å². The summed E-state index contributed by atoms with van der Waals surface area (Å²) in [6.07, 6.45) is -8.10. The predicted molar refractivity (Wildman–Crippen MR) is 343 cm³/mol. The second kappa shape index (κ2) is 31.0. The van der Waals surface area contributed by atoms with Gasteiger partial charge in [0.15, 0.2) is 6.10 Å². The van der Waals surface area contributed by atoms with Crippen molar-refractivity contribution in [2.45, 2.75) is 161 Å². The summed E-state index contributed by atoms with van der Waals surface area (Å²) in [5.74, 6) is -4.79. The first-order chi connectivity index (χ1) is 43.9. The standard InChI is InChI=1S/C67H86N10O16/c1-37(2)47(31-38(3)62(86)87)75(10)61(85)59(66(4,5)6)72-60(84)58(68-9)67(7,8)42-20-18-21-43(33-42)71-65(90)91-36-39-27-28-48(92-64-56(83)54(81)55(82)57(93-64)63(88)89)41(32-39)34-70-50(79)29-30-69-49(78)25-16-17-26-51(80)77-35-40-19-12-13-22-44(40)53-52(73-74-76(53)11)45-23-14-15-24-46(45)77/h12-15,18-24,27-28,31-33,37,47,54-59,64,68,81-83H,16-17,25-26,29-30,34-36H2,1-11H3,(H,69,78)(H,70,79)(H,71,90)(H,72,84)(H,86,87)(H,88,89)/b38-31+. The van der Waals surface area contributed by atoms with Crippen LogP contribution in [0.25, 0.3) is 22.5 Å². The molecule has 1 aromatic heterocycles. The molecule has 5 aromatic rings. The quantitative estimate of drug-likeness (QED) is 0.0248. The zero-order chi connectivity index (χ0) is 68.2. The van der Waals surface area contributed by atoms with Gasteiger partial charge in [-0.05, 0) is 85.2 Å². The number of hydrogen-bond donors (Lipinski definition) is 10. The molecule has 1 saturated heterocycles. The third-order valence-corrected chi connectivity index (χ3v) is 16.7. The van der Waals surface area contributed by atoms with E-state index in [2.05, 4.69) is 36.9 Å². The summed E-state index contributed by atoms with van der Waals surface area (Å²) in [6, 6.07) is 24.0. The summed E-state index contributed by atoms with van der Waals surface area (Å²) in [5.41, 5.74) is 4.72. The van der Waals surface area contributed by atoms with Gasteiger partial charge in [-0.15, -0.1) is 5.10 Å². The van der Waals surface area contributed by atoms with Crippen LogP contribution in [0.2, 0.25) is 0 Å². The summed E-state index contributed by atoms with van der Waals surface area (Å²) in [6.45, 7) is 14.0. The van der Waals surface area contributed by atoms with Crippen molar-refractivity contribution in [3.05, 3.63) is 125 Å². The fourth-order valence-corrected chi connectivity index (χ4v) is 11.3. The van der Waals surface area contributed by atoms with E-state index in [1.165, 1.54) is 36.1 Å². The molecular weight excluding hydrogens is 1200 g/mol. The summed E-state index contributed by atoms with van der Waals surface area (Å²) in [5, 5.41) is 73.8. The molecule has 3 heterocycles. The number of unbranched alkanes of at least 4 members (excludes halogenated alkanes) is 1. The third kappa shape index (κ3) is 17.5. The number of para-hydroxylation sites is 1. The Kier molecular flexibility index (Phi) is 23.8. The number of nitrogens with zero attached hydrogens (tertiary/aromatic N) is 5. The van der Waals surface area contributed by atoms with Crippen molar-refractivity contribution >= 4 is 58.9 Å². The molecule has 0 bridgehead atoms. The number of aliphatic hydroxyl groups excluding tert-OH is 3. The maximum Gasteiger partial charge on any atom is 0.411 e. The van der Waals surface area contributed by atoms with Crippen LogP contribution in [0.5, 0.6) is 5.75 Å². The first-order valence-electron chi connectivity index (χ1n) is 30.8. The molecule has 2 aliphatic rings. The highest BCUT2D eigenvalue weighted by atomic mass is 16.7. The Labute approximate surface area is 540 Å². The molecule has 8 atom stereocenters. The molecule has 93 heavy (non-hydrogen) atoms. The SMILES string of the molecule is CNC(C(=O)NC(C(=O)N(C)C(/C=C(\C)C(=O)O)C(C)C)C(C)(C)C)C(C)(C)c1cccc(NC(=O)OCc2ccc(OC3OC(C(=O)O)C(O)C(O)C3O)c(CNC(=O)CCNC(=O)CCCCC(=O)N3Cc4ccccc4-c4c(nnn4C)-c4ccccc43)c2)c1. The number of hydrogen-bond acceptors (Lipinski definition) is 17. The van der Waals surface area contributed by atoms with Crippen LogP contribution in [0.4, 0.5) is 16.2 Å². The first-order valence-corrected chi connectivity index (χ1v) is 30.8. The Hall–Kier alpha value is -9.08. The van der Waals surface area contributed by atoms with Crippen LogP contribution in [0, 0.1) is 11.3 Å². The van der Waals surface area contributed by atoms with Crippen LogP contribution < -0.4 is 36.2 Å².